The molecule has 0 aromatic heterocycles. The summed E-state index contributed by atoms with van der Waals surface area (Å²) >= 11 is 0. The molecule has 2 rings (SSSR count). The van der Waals surface area contributed by atoms with Crippen LogP contribution >= 0.6 is 0 Å². The maximum absolute atomic E-state index is 13.0. The van der Waals surface area contributed by atoms with Crippen molar-refractivity contribution in [3.05, 3.63) is 71.3 Å². The smallest absolute Gasteiger partial charge is 0.129 e. The Bertz CT molecular complexity index is 527. The molecule has 2 aromatic rings. The van der Waals surface area contributed by atoms with Gasteiger partial charge < -0.3 is 4.79 Å². The van der Waals surface area contributed by atoms with E-state index < -0.39 is 0 Å². The summed E-state index contributed by atoms with van der Waals surface area (Å²) in [5.41, 5.74) is 1.86. The van der Waals surface area contributed by atoms with Gasteiger partial charge in [-0.3, -0.25) is 0 Å². The first-order valence-corrected chi connectivity index (χ1v) is 6.56. The second-order valence-corrected chi connectivity index (χ2v) is 4.90. The van der Waals surface area contributed by atoms with Crippen LogP contribution in [0.15, 0.2) is 48.5 Å². The molecule has 0 atom stereocenters. The van der Waals surface area contributed by atoms with Crippen LogP contribution in [0.5, 0.6) is 0 Å². The lowest BCUT2D eigenvalue weighted by Crippen LogP contribution is -2.04. The largest absolute Gasteiger partial charge is 0.300 e. The van der Waals surface area contributed by atoms with Gasteiger partial charge in [0, 0.05) is 12.3 Å². The normalized spacial score (nSPS) is 10.8. The lowest BCUT2D eigenvalue weighted by Gasteiger charge is -2.17. The number of rotatable bonds is 5. The van der Waals surface area contributed by atoms with Crippen LogP contribution in [0.1, 0.15) is 36.8 Å². The molecule has 0 heterocycles. The van der Waals surface area contributed by atoms with Crippen molar-refractivity contribution in [2.75, 3.05) is 0 Å². The zero-order chi connectivity index (χ0) is 14.5. The van der Waals surface area contributed by atoms with E-state index in [1.807, 2.05) is 0 Å². The summed E-state index contributed by atoms with van der Waals surface area (Å²) in [5, 5.41) is 0. The van der Waals surface area contributed by atoms with E-state index in [1.54, 1.807) is 31.2 Å². The molecule has 0 aliphatic heterocycles. The summed E-state index contributed by atoms with van der Waals surface area (Å²) < 4.78 is 26.0. The Morgan fingerprint density at radius 1 is 0.900 bits per heavy atom. The fourth-order valence-corrected chi connectivity index (χ4v) is 2.26. The molecule has 0 saturated heterocycles. The van der Waals surface area contributed by atoms with Crippen LogP contribution in [-0.4, -0.2) is 5.78 Å². The van der Waals surface area contributed by atoms with Gasteiger partial charge in [-0.15, -0.1) is 0 Å². The summed E-state index contributed by atoms with van der Waals surface area (Å²) in [6.45, 7) is 1.55. The molecule has 0 aliphatic rings. The lowest BCUT2D eigenvalue weighted by molar-refractivity contribution is -0.117. The number of halogens is 2. The Kier molecular flexibility index (Phi) is 4.61. The van der Waals surface area contributed by atoms with Gasteiger partial charge in [-0.25, -0.2) is 8.78 Å². The molecule has 2 aromatic carbocycles. The molecule has 0 spiro atoms. The van der Waals surface area contributed by atoms with E-state index in [-0.39, 0.29) is 23.3 Å². The minimum Gasteiger partial charge on any atom is -0.300 e. The first-order chi connectivity index (χ1) is 9.56. The third-order valence-electron chi connectivity index (χ3n) is 3.33. The first kappa shape index (κ1) is 14.4. The van der Waals surface area contributed by atoms with E-state index in [4.69, 9.17) is 0 Å². The number of Topliss-reactive ketones (excluding diaryl/α,β-unsaturated/α-hetero) is 1. The molecule has 0 N–H and O–H groups in total. The van der Waals surface area contributed by atoms with Gasteiger partial charge >= 0.3 is 0 Å². The van der Waals surface area contributed by atoms with Crippen LogP contribution < -0.4 is 0 Å². The van der Waals surface area contributed by atoms with Crippen molar-refractivity contribution in [2.24, 2.45) is 0 Å². The van der Waals surface area contributed by atoms with E-state index >= 15 is 0 Å². The second-order valence-electron chi connectivity index (χ2n) is 4.90. The van der Waals surface area contributed by atoms with Crippen LogP contribution in [0.25, 0.3) is 0 Å². The zero-order valence-electron chi connectivity index (χ0n) is 11.3. The second kappa shape index (κ2) is 6.42. The molecule has 0 saturated carbocycles. The Balaban J connectivity index is 2.30. The van der Waals surface area contributed by atoms with E-state index in [1.165, 1.54) is 24.3 Å². The van der Waals surface area contributed by atoms with E-state index in [0.717, 1.165) is 11.1 Å². The van der Waals surface area contributed by atoms with Crippen LogP contribution in [0.4, 0.5) is 8.78 Å². The minimum absolute atomic E-state index is 0.0277. The zero-order valence-corrected chi connectivity index (χ0v) is 11.3. The molecule has 0 radical (unpaired) electrons. The topological polar surface area (TPSA) is 17.1 Å². The third-order valence-corrected chi connectivity index (χ3v) is 3.33. The van der Waals surface area contributed by atoms with Gasteiger partial charge in [-0.1, -0.05) is 24.3 Å². The van der Waals surface area contributed by atoms with E-state index in [9.17, 15) is 13.6 Å². The van der Waals surface area contributed by atoms with Crippen LogP contribution in [0.2, 0.25) is 0 Å². The predicted molar refractivity (Wildman–Crippen MR) is 74.6 cm³/mol. The fourth-order valence-electron chi connectivity index (χ4n) is 2.26. The summed E-state index contributed by atoms with van der Waals surface area (Å²) in [4.78, 5) is 11.2. The van der Waals surface area contributed by atoms with Crippen molar-refractivity contribution in [1.82, 2.24) is 0 Å². The molecule has 0 unspecified atom stereocenters. The van der Waals surface area contributed by atoms with Gasteiger partial charge in [0.2, 0.25) is 0 Å². The van der Waals surface area contributed by atoms with Gasteiger partial charge in [0.1, 0.15) is 17.4 Å². The molecule has 3 heteroatoms. The number of hydrogen-bond donors (Lipinski definition) is 0. The Hall–Kier alpha value is -2.03. The maximum Gasteiger partial charge on any atom is 0.129 e. The number of carbonyl (C=O) groups is 1. The number of carbonyl (C=O) groups excluding carboxylic acids is 1. The van der Waals surface area contributed by atoms with E-state index in [0.29, 0.717) is 12.8 Å². The number of benzene rings is 2. The first-order valence-electron chi connectivity index (χ1n) is 6.56. The van der Waals surface area contributed by atoms with Crippen molar-refractivity contribution in [1.29, 1.82) is 0 Å². The number of ketones is 1. The standard InChI is InChI=1S/C17H16F2O/c1-12(20)2-11-17(13-3-7-15(18)8-4-13)14-5-9-16(19)10-6-14/h3-10,17H,2,11H2,1H3. The highest BCUT2D eigenvalue weighted by molar-refractivity contribution is 5.75. The molecular weight excluding hydrogens is 258 g/mol. The monoisotopic (exact) mass is 274 g/mol. The Morgan fingerprint density at radius 3 is 1.65 bits per heavy atom. The van der Waals surface area contributed by atoms with Crippen molar-refractivity contribution < 1.29 is 13.6 Å². The van der Waals surface area contributed by atoms with Crippen molar-refractivity contribution in [2.45, 2.75) is 25.7 Å². The third kappa shape index (κ3) is 3.73. The SMILES string of the molecule is CC(=O)CCC(c1ccc(F)cc1)c1ccc(F)cc1. The quantitative estimate of drug-likeness (QED) is 0.786. The lowest BCUT2D eigenvalue weighted by atomic mass is 9.87. The molecule has 0 amide bonds. The van der Waals surface area contributed by atoms with Gasteiger partial charge in [0.25, 0.3) is 0 Å². The average molecular weight is 274 g/mol. The summed E-state index contributed by atoms with van der Waals surface area (Å²) in [6, 6.07) is 12.5. The molecule has 0 fully saturated rings. The van der Waals surface area contributed by atoms with Crippen LogP contribution in [0, 0.1) is 11.6 Å². The van der Waals surface area contributed by atoms with Gasteiger partial charge in [0.05, 0.1) is 0 Å². The van der Waals surface area contributed by atoms with Crippen molar-refractivity contribution in [3.8, 4) is 0 Å². The molecule has 0 bridgehead atoms. The Labute approximate surface area is 117 Å². The molecular formula is C17H16F2O. The van der Waals surface area contributed by atoms with Crippen molar-refractivity contribution in [3.63, 3.8) is 0 Å². The molecule has 0 aliphatic carbocycles. The summed E-state index contributed by atoms with van der Waals surface area (Å²) in [6.07, 6.45) is 1.08. The molecule has 104 valence electrons. The van der Waals surface area contributed by atoms with E-state index in [2.05, 4.69) is 0 Å². The summed E-state index contributed by atoms with van der Waals surface area (Å²) in [5.74, 6) is -0.504. The minimum atomic E-state index is -0.293. The van der Waals surface area contributed by atoms with Crippen molar-refractivity contribution >= 4 is 5.78 Å². The number of hydrogen-bond acceptors (Lipinski definition) is 1. The highest BCUT2D eigenvalue weighted by atomic mass is 19.1. The summed E-state index contributed by atoms with van der Waals surface area (Å²) in [7, 11) is 0. The fraction of sp³-hybridized carbons (Fsp3) is 0.235. The van der Waals surface area contributed by atoms with Gasteiger partial charge in [0.15, 0.2) is 0 Å². The maximum atomic E-state index is 13.0. The van der Waals surface area contributed by atoms with Crippen LogP contribution in [-0.2, 0) is 4.79 Å². The van der Waals surface area contributed by atoms with Gasteiger partial charge in [-0.2, -0.15) is 0 Å². The molecule has 20 heavy (non-hydrogen) atoms. The highest BCUT2D eigenvalue weighted by Crippen LogP contribution is 2.29. The van der Waals surface area contributed by atoms with Crippen LogP contribution in [0.3, 0.4) is 0 Å². The Morgan fingerprint density at radius 2 is 1.30 bits per heavy atom. The predicted octanol–water partition coefficient (Wildman–Crippen LogP) is 4.47. The highest BCUT2D eigenvalue weighted by Gasteiger charge is 2.15. The average Bonchev–Trinajstić information content (AvgIpc) is 2.42. The van der Waals surface area contributed by atoms with Gasteiger partial charge in [-0.05, 0) is 48.7 Å². The molecule has 1 nitrogen and oxygen atoms in total.